The van der Waals surface area contributed by atoms with Crippen molar-refractivity contribution in [1.29, 1.82) is 0 Å². The highest BCUT2D eigenvalue weighted by Gasteiger charge is 2.05. The fourth-order valence-electron chi connectivity index (χ4n) is 1.43. The van der Waals surface area contributed by atoms with E-state index in [2.05, 4.69) is 0 Å². The second-order valence-electron chi connectivity index (χ2n) is 3.71. The summed E-state index contributed by atoms with van der Waals surface area (Å²) in [6.07, 6.45) is 0. The molecule has 0 spiro atoms. The molecule has 18 heavy (non-hydrogen) atoms. The van der Waals surface area contributed by atoms with E-state index in [4.69, 9.17) is 5.73 Å². The number of thioether (sulfide) groups is 1. The van der Waals surface area contributed by atoms with Crippen LogP contribution >= 0.6 is 11.8 Å². The molecule has 1 nitrogen and oxygen atoms in total. The summed E-state index contributed by atoms with van der Waals surface area (Å²) in [5, 5.41) is 0. The van der Waals surface area contributed by atoms with Crippen molar-refractivity contribution in [3.05, 3.63) is 59.4 Å². The van der Waals surface area contributed by atoms with Gasteiger partial charge in [-0.1, -0.05) is 0 Å². The van der Waals surface area contributed by atoms with Gasteiger partial charge >= 0.3 is 0 Å². The van der Waals surface area contributed by atoms with Crippen LogP contribution in [0.4, 0.5) is 18.9 Å². The molecule has 0 aromatic heterocycles. The SMILES string of the molecule is Nc1ccc(F)cc1CSc1ccc(F)c(F)c1. The first-order chi connectivity index (χ1) is 8.56. The Bertz CT molecular complexity index is 572. The van der Waals surface area contributed by atoms with Crippen LogP contribution in [0.2, 0.25) is 0 Å². The second-order valence-corrected chi connectivity index (χ2v) is 4.76. The maximum Gasteiger partial charge on any atom is 0.159 e. The Kier molecular flexibility index (Phi) is 3.81. The third kappa shape index (κ3) is 2.98. The lowest BCUT2D eigenvalue weighted by atomic mass is 10.2. The average Bonchev–Trinajstić information content (AvgIpc) is 2.34. The van der Waals surface area contributed by atoms with Gasteiger partial charge in [0.15, 0.2) is 11.6 Å². The summed E-state index contributed by atoms with van der Waals surface area (Å²) < 4.78 is 38.7. The molecule has 0 saturated heterocycles. The topological polar surface area (TPSA) is 26.0 Å². The van der Waals surface area contributed by atoms with Gasteiger partial charge in [-0.05, 0) is 42.0 Å². The maximum atomic E-state index is 13.0. The zero-order valence-electron chi connectivity index (χ0n) is 9.29. The van der Waals surface area contributed by atoms with Crippen LogP contribution in [0.5, 0.6) is 0 Å². The van der Waals surface area contributed by atoms with Gasteiger partial charge < -0.3 is 5.73 Å². The lowest BCUT2D eigenvalue weighted by molar-refractivity contribution is 0.506. The van der Waals surface area contributed by atoms with Gasteiger partial charge in [0.25, 0.3) is 0 Å². The highest BCUT2D eigenvalue weighted by atomic mass is 32.2. The van der Waals surface area contributed by atoms with Crippen LogP contribution in [0.25, 0.3) is 0 Å². The molecule has 2 aromatic rings. The number of benzene rings is 2. The molecule has 2 aromatic carbocycles. The number of anilines is 1. The highest BCUT2D eigenvalue weighted by Crippen LogP contribution is 2.27. The zero-order valence-corrected chi connectivity index (χ0v) is 10.1. The van der Waals surface area contributed by atoms with E-state index >= 15 is 0 Å². The molecular weight excluding hydrogens is 259 g/mol. The Morgan fingerprint density at radius 1 is 0.944 bits per heavy atom. The number of nitrogens with two attached hydrogens (primary N) is 1. The lowest BCUT2D eigenvalue weighted by Crippen LogP contribution is -1.93. The van der Waals surface area contributed by atoms with E-state index in [9.17, 15) is 13.2 Å². The van der Waals surface area contributed by atoms with E-state index in [0.29, 0.717) is 21.9 Å². The molecule has 0 atom stereocenters. The molecule has 94 valence electrons. The van der Waals surface area contributed by atoms with Crippen LogP contribution in [0.1, 0.15) is 5.56 Å². The van der Waals surface area contributed by atoms with Gasteiger partial charge in [0.05, 0.1) is 0 Å². The third-order valence-electron chi connectivity index (χ3n) is 2.39. The fourth-order valence-corrected chi connectivity index (χ4v) is 2.35. The van der Waals surface area contributed by atoms with E-state index in [1.165, 1.54) is 36.0 Å². The lowest BCUT2D eigenvalue weighted by Gasteiger charge is -2.06. The minimum atomic E-state index is -0.896. The van der Waals surface area contributed by atoms with Crippen LogP contribution < -0.4 is 5.73 Å². The molecule has 0 amide bonds. The molecule has 0 unspecified atom stereocenters. The van der Waals surface area contributed by atoms with Crippen molar-refractivity contribution in [2.24, 2.45) is 0 Å². The third-order valence-corrected chi connectivity index (χ3v) is 3.43. The molecule has 0 aliphatic heterocycles. The Labute approximate surface area is 107 Å². The Hall–Kier alpha value is -1.62. The van der Waals surface area contributed by atoms with Crippen molar-refractivity contribution in [3.63, 3.8) is 0 Å². The van der Waals surface area contributed by atoms with Crippen molar-refractivity contribution >= 4 is 17.4 Å². The minimum absolute atomic E-state index is 0.370. The van der Waals surface area contributed by atoms with Crippen molar-refractivity contribution in [2.45, 2.75) is 10.6 Å². The van der Waals surface area contributed by atoms with Crippen molar-refractivity contribution in [1.82, 2.24) is 0 Å². The Balaban J connectivity index is 2.11. The van der Waals surface area contributed by atoms with E-state index in [0.717, 1.165) is 12.1 Å². The van der Waals surface area contributed by atoms with Gasteiger partial charge in [0.1, 0.15) is 5.82 Å². The number of hydrogen-bond acceptors (Lipinski definition) is 2. The first kappa shape index (κ1) is 12.8. The van der Waals surface area contributed by atoms with E-state index < -0.39 is 11.6 Å². The smallest absolute Gasteiger partial charge is 0.159 e. The van der Waals surface area contributed by atoms with Crippen LogP contribution in [0.15, 0.2) is 41.3 Å². The van der Waals surface area contributed by atoms with E-state index in [-0.39, 0.29) is 5.82 Å². The summed E-state index contributed by atoms with van der Waals surface area (Å²) in [7, 11) is 0. The summed E-state index contributed by atoms with van der Waals surface area (Å²) >= 11 is 1.27. The summed E-state index contributed by atoms with van der Waals surface area (Å²) in [6.45, 7) is 0. The number of halogens is 3. The first-order valence-electron chi connectivity index (χ1n) is 5.18. The quantitative estimate of drug-likeness (QED) is 0.673. The molecule has 0 saturated carbocycles. The molecule has 0 aliphatic carbocycles. The minimum Gasteiger partial charge on any atom is -0.398 e. The maximum absolute atomic E-state index is 13.0. The van der Waals surface area contributed by atoms with Gasteiger partial charge in [-0.3, -0.25) is 0 Å². The van der Waals surface area contributed by atoms with Crippen LogP contribution in [-0.2, 0) is 5.75 Å². The van der Waals surface area contributed by atoms with Crippen molar-refractivity contribution in [3.8, 4) is 0 Å². The predicted octanol–water partition coefficient (Wildman–Crippen LogP) is 3.98. The van der Waals surface area contributed by atoms with Crippen molar-refractivity contribution in [2.75, 3.05) is 5.73 Å². The molecule has 0 heterocycles. The number of nitrogen functional groups attached to an aromatic ring is 1. The normalized spacial score (nSPS) is 10.6. The Morgan fingerprint density at radius 3 is 2.44 bits per heavy atom. The van der Waals surface area contributed by atoms with E-state index in [1.54, 1.807) is 0 Å². The van der Waals surface area contributed by atoms with Crippen molar-refractivity contribution < 1.29 is 13.2 Å². The fraction of sp³-hybridized carbons (Fsp3) is 0.0769. The van der Waals surface area contributed by atoms with Gasteiger partial charge in [-0.15, -0.1) is 11.8 Å². The number of hydrogen-bond donors (Lipinski definition) is 1. The summed E-state index contributed by atoms with van der Waals surface area (Å²) in [4.78, 5) is 0.567. The molecule has 0 fully saturated rings. The molecule has 2 N–H and O–H groups in total. The van der Waals surface area contributed by atoms with Crippen LogP contribution in [-0.4, -0.2) is 0 Å². The number of rotatable bonds is 3. The summed E-state index contributed by atoms with van der Waals surface area (Å²) in [6, 6.07) is 7.74. The molecule has 0 aliphatic rings. The second kappa shape index (κ2) is 5.35. The standard InChI is InChI=1S/C13H10F3NS/c14-9-1-4-13(17)8(5-9)7-18-10-2-3-11(15)12(16)6-10/h1-6H,7,17H2. The van der Waals surface area contributed by atoms with E-state index in [1.807, 2.05) is 0 Å². The zero-order chi connectivity index (χ0) is 13.1. The largest absolute Gasteiger partial charge is 0.398 e. The van der Waals surface area contributed by atoms with Crippen LogP contribution in [0.3, 0.4) is 0 Å². The first-order valence-corrected chi connectivity index (χ1v) is 6.16. The van der Waals surface area contributed by atoms with Gasteiger partial charge in [0, 0.05) is 16.3 Å². The average molecular weight is 269 g/mol. The molecule has 2 rings (SSSR count). The summed E-state index contributed by atoms with van der Waals surface area (Å²) in [5.74, 6) is -1.75. The summed E-state index contributed by atoms with van der Waals surface area (Å²) in [5.41, 5.74) is 6.80. The Morgan fingerprint density at radius 2 is 1.72 bits per heavy atom. The van der Waals surface area contributed by atoms with Crippen LogP contribution in [0, 0.1) is 17.5 Å². The van der Waals surface area contributed by atoms with Gasteiger partial charge in [-0.2, -0.15) is 0 Å². The predicted molar refractivity (Wildman–Crippen MR) is 66.7 cm³/mol. The van der Waals surface area contributed by atoms with Gasteiger partial charge in [-0.25, -0.2) is 13.2 Å². The molecular formula is C13H10F3NS. The molecule has 5 heteroatoms. The molecule has 0 bridgehead atoms. The highest BCUT2D eigenvalue weighted by molar-refractivity contribution is 7.98. The van der Waals surface area contributed by atoms with Gasteiger partial charge in [0.2, 0.25) is 0 Å². The monoisotopic (exact) mass is 269 g/mol. The molecule has 0 radical (unpaired) electrons.